The monoisotopic (exact) mass is 396 g/mol. The smallest absolute Gasteiger partial charge is 0.407 e. The molecule has 0 saturated carbocycles. The van der Waals surface area contributed by atoms with Crippen molar-refractivity contribution in [3.05, 3.63) is 35.9 Å². The molecule has 0 aliphatic carbocycles. The summed E-state index contributed by atoms with van der Waals surface area (Å²) in [6.07, 6.45) is -3.03. The molecule has 4 N–H and O–H groups in total. The molecular weight excluding hydrogens is 372 g/mol. The van der Waals surface area contributed by atoms with Crippen LogP contribution < -0.4 is 10.6 Å². The summed E-state index contributed by atoms with van der Waals surface area (Å²) in [6, 6.07) is 7.51. The number of carbonyl (C=O) groups excluding carboxylic acids is 3. The average Bonchev–Trinajstić information content (AvgIpc) is 2.65. The Hall–Kier alpha value is -3.14. The average molecular weight is 396 g/mol. The second-order valence-electron chi connectivity index (χ2n) is 5.77. The summed E-state index contributed by atoms with van der Waals surface area (Å²) in [5, 5.41) is 23.3. The van der Waals surface area contributed by atoms with E-state index in [0.29, 0.717) is 0 Å². The molecule has 1 rings (SSSR count). The highest BCUT2D eigenvalue weighted by Crippen LogP contribution is 2.01. The van der Waals surface area contributed by atoms with E-state index >= 15 is 0 Å². The second-order valence-corrected chi connectivity index (χ2v) is 5.77. The molecule has 10 heteroatoms. The summed E-state index contributed by atoms with van der Waals surface area (Å²) in [7, 11) is 0. The first-order chi connectivity index (χ1) is 13.3. The van der Waals surface area contributed by atoms with Crippen molar-refractivity contribution in [2.24, 2.45) is 0 Å². The number of esters is 1. The normalized spacial score (nSPS) is 12.4. The number of hydrogen-bond donors (Lipinski definition) is 4. The lowest BCUT2D eigenvalue weighted by Gasteiger charge is -2.16. The van der Waals surface area contributed by atoms with Gasteiger partial charge in [-0.05, 0) is 12.5 Å². The molecule has 28 heavy (non-hydrogen) atoms. The van der Waals surface area contributed by atoms with Gasteiger partial charge in [0.05, 0.1) is 25.6 Å². The van der Waals surface area contributed by atoms with Crippen molar-refractivity contribution in [3.8, 4) is 0 Å². The maximum Gasteiger partial charge on any atom is 0.407 e. The number of rotatable bonds is 11. The van der Waals surface area contributed by atoms with Gasteiger partial charge in [0.2, 0.25) is 5.91 Å². The van der Waals surface area contributed by atoms with E-state index in [1.54, 1.807) is 31.2 Å². The Labute approximate surface area is 161 Å². The minimum atomic E-state index is -1.47. The van der Waals surface area contributed by atoms with Crippen LogP contribution in [0.4, 0.5) is 4.79 Å². The van der Waals surface area contributed by atoms with E-state index in [2.05, 4.69) is 15.4 Å². The van der Waals surface area contributed by atoms with Crippen LogP contribution in [0.2, 0.25) is 0 Å². The molecule has 0 bridgehead atoms. The van der Waals surface area contributed by atoms with Crippen molar-refractivity contribution in [2.45, 2.75) is 38.5 Å². The van der Waals surface area contributed by atoms with Gasteiger partial charge in [0, 0.05) is 6.54 Å². The van der Waals surface area contributed by atoms with E-state index in [-0.39, 0.29) is 19.8 Å². The molecule has 0 spiro atoms. The van der Waals surface area contributed by atoms with Gasteiger partial charge in [0.25, 0.3) is 0 Å². The lowest BCUT2D eigenvalue weighted by Crippen LogP contribution is -2.44. The highest BCUT2D eigenvalue weighted by atomic mass is 16.5. The van der Waals surface area contributed by atoms with Crippen molar-refractivity contribution >= 4 is 23.9 Å². The number of aliphatic hydroxyl groups excluding tert-OH is 1. The van der Waals surface area contributed by atoms with Gasteiger partial charge in [-0.2, -0.15) is 0 Å². The Balaban J connectivity index is 2.33. The first-order valence-electron chi connectivity index (χ1n) is 8.62. The number of carbonyl (C=O) groups is 4. The molecule has 0 unspecified atom stereocenters. The summed E-state index contributed by atoms with van der Waals surface area (Å²) in [5.41, 5.74) is 0.791. The number of alkyl carbamates (subject to hydrolysis) is 1. The predicted molar refractivity (Wildman–Crippen MR) is 96.1 cm³/mol. The molecule has 0 aliphatic heterocycles. The van der Waals surface area contributed by atoms with E-state index in [9.17, 15) is 24.3 Å². The van der Waals surface area contributed by atoms with Gasteiger partial charge in [0.1, 0.15) is 12.6 Å². The molecule has 1 aromatic carbocycles. The van der Waals surface area contributed by atoms with E-state index in [1.807, 2.05) is 6.07 Å². The van der Waals surface area contributed by atoms with Crippen LogP contribution in [0, 0.1) is 0 Å². The Bertz CT molecular complexity index is 665. The molecule has 2 atom stereocenters. The number of aliphatic carboxylic acids is 1. The van der Waals surface area contributed by atoms with Crippen LogP contribution in [-0.2, 0) is 30.5 Å². The summed E-state index contributed by atoms with van der Waals surface area (Å²) in [5.74, 6) is -2.96. The van der Waals surface area contributed by atoms with Crippen LogP contribution in [0.3, 0.4) is 0 Å². The van der Waals surface area contributed by atoms with Gasteiger partial charge in [-0.3, -0.25) is 9.59 Å². The van der Waals surface area contributed by atoms with E-state index in [4.69, 9.17) is 9.84 Å². The number of hydrogen-bond acceptors (Lipinski definition) is 7. The molecule has 10 nitrogen and oxygen atoms in total. The van der Waals surface area contributed by atoms with Gasteiger partial charge in [-0.15, -0.1) is 0 Å². The third-order valence-electron chi connectivity index (χ3n) is 3.43. The third-order valence-corrected chi connectivity index (χ3v) is 3.43. The number of aliphatic hydroxyl groups is 1. The van der Waals surface area contributed by atoms with Gasteiger partial charge < -0.3 is 30.3 Å². The van der Waals surface area contributed by atoms with E-state index in [0.717, 1.165) is 5.56 Å². The number of nitrogens with one attached hydrogen (secondary N) is 2. The standard InChI is InChI=1S/C18H24N2O8/c1-2-27-16(23)9-14(17(24)25)20-15(22)8-13(21)10-19-18(26)28-11-12-6-4-3-5-7-12/h3-7,13-14,21H,2,8-11H2,1H3,(H,19,26)(H,20,22)(H,24,25)/t13-,14+/m1/s1. The van der Waals surface area contributed by atoms with Crippen molar-refractivity contribution in [3.63, 3.8) is 0 Å². The zero-order chi connectivity index (χ0) is 20.9. The summed E-state index contributed by atoms with van der Waals surface area (Å²) < 4.78 is 9.60. The fourth-order valence-electron chi connectivity index (χ4n) is 2.10. The fourth-order valence-corrected chi connectivity index (χ4v) is 2.10. The minimum absolute atomic E-state index is 0.0530. The molecule has 1 aromatic rings. The molecule has 0 fully saturated rings. The van der Waals surface area contributed by atoms with Crippen LogP contribution in [0.5, 0.6) is 0 Å². The molecule has 154 valence electrons. The largest absolute Gasteiger partial charge is 0.480 e. The lowest BCUT2D eigenvalue weighted by molar-refractivity contribution is -0.150. The van der Waals surface area contributed by atoms with Crippen molar-refractivity contribution in [2.75, 3.05) is 13.2 Å². The first kappa shape index (κ1) is 22.9. The number of carboxylic acid groups (broad SMARTS) is 1. The van der Waals surface area contributed by atoms with Gasteiger partial charge in [-0.1, -0.05) is 30.3 Å². The van der Waals surface area contributed by atoms with Crippen molar-refractivity contribution in [1.82, 2.24) is 10.6 Å². The SMILES string of the molecule is CCOC(=O)C[C@H](NC(=O)C[C@@H](O)CNC(=O)OCc1ccccc1)C(=O)O. The van der Waals surface area contributed by atoms with E-state index in [1.165, 1.54) is 0 Å². The van der Waals surface area contributed by atoms with Gasteiger partial charge >= 0.3 is 18.0 Å². The highest BCUT2D eigenvalue weighted by Gasteiger charge is 2.25. The lowest BCUT2D eigenvalue weighted by atomic mass is 10.2. The van der Waals surface area contributed by atoms with Crippen LogP contribution >= 0.6 is 0 Å². The molecule has 0 heterocycles. The van der Waals surface area contributed by atoms with Crippen molar-refractivity contribution < 1.29 is 38.9 Å². The number of carboxylic acids is 1. The van der Waals surface area contributed by atoms with Crippen molar-refractivity contribution in [1.29, 1.82) is 0 Å². The summed E-state index contributed by atoms with van der Waals surface area (Å²) in [4.78, 5) is 45.9. The van der Waals surface area contributed by atoms with Gasteiger partial charge in [0.15, 0.2) is 0 Å². The number of ether oxygens (including phenoxy) is 2. The van der Waals surface area contributed by atoms with E-state index < -0.39 is 48.9 Å². The topological polar surface area (TPSA) is 151 Å². The summed E-state index contributed by atoms with van der Waals surface area (Å²) in [6.45, 7) is 1.44. The quantitative estimate of drug-likeness (QED) is 0.387. The van der Waals surface area contributed by atoms with Crippen LogP contribution in [-0.4, -0.2) is 59.4 Å². The Morgan fingerprint density at radius 3 is 2.36 bits per heavy atom. The Morgan fingerprint density at radius 1 is 1.07 bits per heavy atom. The zero-order valence-corrected chi connectivity index (χ0v) is 15.4. The first-order valence-corrected chi connectivity index (χ1v) is 8.62. The van der Waals surface area contributed by atoms with Crippen LogP contribution in [0.25, 0.3) is 0 Å². The highest BCUT2D eigenvalue weighted by molar-refractivity contribution is 5.87. The molecule has 0 aromatic heterocycles. The molecule has 0 aliphatic rings. The number of amides is 2. The Morgan fingerprint density at radius 2 is 1.75 bits per heavy atom. The maximum atomic E-state index is 11.8. The fraction of sp³-hybridized carbons (Fsp3) is 0.444. The minimum Gasteiger partial charge on any atom is -0.480 e. The van der Waals surface area contributed by atoms with Crippen LogP contribution in [0.1, 0.15) is 25.3 Å². The van der Waals surface area contributed by atoms with Gasteiger partial charge in [-0.25, -0.2) is 9.59 Å². The predicted octanol–water partition coefficient (Wildman–Crippen LogP) is 0.186. The molecule has 0 saturated heterocycles. The third kappa shape index (κ3) is 9.53. The second kappa shape index (κ2) is 12.3. The summed E-state index contributed by atoms with van der Waals surface area (Å²) >= 11 is 0. The zero-order valence-electron chi connectivity index (χ0n) is 15.4. The molecular formula is C18H24N2O8. The molecule has 2 amide bonds. The van der Waals surface area contributed by atoms with Crippen LogP contribution in [0.15, 0.2) is 30.3 Å². The number of benzene rings is 1. The maximum absolute atomic E-state index is 11.8. The Kier molecular flexibility index (Phi) is 10.0. The molecule has 0 radical (unpaired) electrons.